The minimum atomic E-state index is 0.398. The molecule has 2 N–H and O–H groups in total. The van der Waals surface area contributed by atoms with Crippen molar-refractivity contribution in [1.82, 2.24) is 10.6 Å². The average Bonchev–Trinajstić information content (AvgIpc) is 2.49. The third-order valence-corrected chi connectivity index (χ3v) is 3.96. The Balaban J connectivity index is 2.16. The largest absolute Gasteiger partial charge is 0.316 e. The molecule has 2 rings (SSSR count). The summed E-state index contributed by atoms with van der Waals surface area (Å²) in [5, 5.41) is 7.30. The molecule has 2 heteroatoms. The van der Waals surface area contributed by atoms with Gasteiger partial charge in [-0.2, -0.15) is 0 Å². The molecule has 2 aliphatic rings. The SMILES string of the molecule is CC(C)(C)[C@@H]1NCCC12CCCNC2. The zero-order chi connectivity index (χ0) is 10.2. The predicted molar refractivity (Wildman–Crippen MR) is 60.4 cm³/mol. The molecule has 0 aromatic heterocycles. The Kier molecular flexibility index (Phi) is 2.61. The Morgan fingerprint density at radius 1 is 1.14 bits per heavy atom. The molecule has 2 nitrogen and oxygen atoms in total. The van der Waals surface area contributed by atoms with Gasteiger partial charge in [0.15, 0.2) is 0 Å². The van der Waals surface area contributed by atoms with E-state index >= 15 is 0 Å². The molecule has 2 saturated heterocycles. The van der Waals surface area contributed by atoms with Crippen LogP contribution in [-0.2, 0) is 0 Å². The van der Waals surface area contributed by atoms with Gasteiger partial charge >= 0.3 is 0 Å². The highest BCUT2D eigenvalue weighted by Crippen LogP contribution is 2.44. The van der Waals surface area contributed by atoms with Gasteiger partial charge in [0.25, 0.3) is 0 Å². The number of nitrogens with one attached hydrogen (secondary N) is 2. The van der Waals surface area contributed by atoms with Crippen LogP contribution in [0.4, 0.5) is 0 Å². The van der Waals surface area contributed by atoms with Crippen LogP contribution in [0.1, 0.15) is 40.0 Å². The molecule has 82 valence electrons. The number of piperidine rings is 1. The smallest absolute Gasteiger partial charge is 0.0185 e. The Hall–Kier alpha value is -0.0800. The highest BCUT2D eigenvalue weighted by Gasteiger charge is 2.48. The molecule has 2 heterocycles. The Labute approximate surface area is 87.8 Å². The van der Waals surface area contributed by atoms with Crippen LogP contribution in [-0.4, -0.2) is 25.7 Å². The van der Waals surface area contributed by atoms with Crippen LogP contribution in [0.2, 0.25) is 0 Å². The molecule has 14 heavy (non-hydrogen) atoms. The lowest BCUT2D eigenvalue weighted by Gasteiger charge is -2.44. The van der Waals surface area contributed by atoms with E-state index in [1.165, 1.54) is 38.9 Å². The molecule has 0 aliphatic carbocycles. The number of hydrogen-bond donors (Lipinski definition) is 2. The first-order chi connectivity index (χ1) is 6.55. The minimum absolute atomic E-state index is 0.398. The second kappa shape index (κ2) is 3.49. The summed E-state index contributed by atoms with van der Waals surface area (Å²) in [5.74, 6) is 0. The van der Waals surface area contributed by atoms with Gasteiger partial charge < -0.3 is 10.6 Å². The van der Waals surface area contributed by atoms with Gasteiger partial charge in [-0.05, 0) is 43.2 Å². The van der Waals surface area contributed by atoms with Gasteiger partial charge in [0.1, 0.15) is 0 Å². The summed E-state index contributed by atoms with van der Waals surface area (Å²) in [7, 11) is 0. The highest BCUT2D eigenvalue weighted by molar-refractivity contribution is 5.04. The van der Waals surface area contributed by atoms with Gasteiger partial charge in [-0.1, -0.05) is 20.8 Å². The fourth-order valence-electron chi connectivity index (χ4n) is 3.50. The summed E-state index contributed by atoms with van der Waals surface area (Å²) >= 11 is 0. The first-order valence-electron chi connectivity index (χ1n) is 5.99. The van der Waals surface area contributed by atoms with Crippen LogP contribution in [0.3, 0.4) is 0 Å². The molecule has 0 radical (unpaired) electrons. The summed E-state index contributed by atoms with van der Waals surface area (Å²) in [4.78, 5) is 0. The Morgan fingerprint density at radius 2 is 1.93 bits per heavy atom. The molecule has 0 aromatic carbocycles. The summed E-state index contributed by atoms with van der Waals surface area (Å²) in [6.07, 6.45) is 4.13. The number of hydrogen-bond acceptors (Lipinski definition) is 2. The summed E-state index contributed by atoms with van der Waals surface area (Å²) in [6, 6.07) is 0.697. The van der Waals surface area contributed by atoms with Crippen molar-refractivity contribution >= 4 is 0 Å². The van der Waals surface area contributed by atoms with Gasteiger partial charge in [0.05, 0.1) is 0 Å². The summed E-state index contributed by atoms with van der Waals surface area (Å²) in [6.45, 7) is 10.8. The molecular weight excluding hydrogens is 172 g/mol. The topological polar surface area (TPSA) is 24.1 Å². The van der Waals surface area contributed by atoms with Gasteiger partial charge in [-0.25, -0.2) is 0 Å². The van der Waals surface area contributed by atoms with E-state index in [0.717, 1.165) is 0 Å². The molecular formula is C12H24N2. The van der Waals surface area contributed by atoms with Crippen LogP contribution < -0.4 is 10.6 Å². The van der Waals surface area contributed by atoms with E-state index in [9.17, 15) is 0 Å². The molecule has 1 spiro atoms. The van der Waals surface area contributed by atoms with E-state index in [2.05, 4.69) is 31.4 Å². The van der Waals surface area contributed by atoms with Crippen LogP contribution >= 0.6 is 0 Å². The highest BCUT2D eigenvalue weighted by atomic mass is 15.0. The quantitative estimate of drug-likeness (QED) is 0.617. The zero-order valence-electron chi connectivity index (χ0n) is 9.82. The molecule has 2 aliphatic heterocycles. The summed E-state index contributed by atoms with van der Waals surface area (Å²) in [5.41, 5.74) is 0.950. The van der Waals surface area contributed by atoms with Crippen molar-refractivity contribution in [2.24, 2.45) is 10.8 Å². The third kappa shape index (κ3) is 1.70. The minimum Gasteiger partial charge on any atom is -0.316 e. The van der Waals surface area contributed by atoms with Gasteiger partial charge in [0.2, 0.25) is 0 Å². The average molecular weight is 196 g/mol. The lowest BCUT2D eigenvalue weighted by atomic mass is 9.66. The van der Waals surface area contributed by atoms with Crippen molar-refractivity contribution in [2.75, 3.05) is 19.6 Å². The van der Waals surface area contributed by atoms with Crippen molar-refractivity contribution in [2.45, 2.75) is 46.1 Å². The predicted octanol–water partition coefficient (Wildman–Crippen LogP) is 1.76. The standard InChI is InChI=1S/C12H24N2/c1-11(2,3)10-12(6-8-14-10)5-4-7-13-9-12/h10,13-14H,4-9H2,1-3H3/t10-,12?/m0/s1. The second-order valence-electron chi connectivity index (χ2n) is 6.15. The van der Waals surface area contributed by atoms with Crippen LogP contribution in [0.5, 0.6) is 0 Å². The Morgan fingerprint density at radius 3 is 2.50 bits per heavy atom. The fraction of sp³-hybridized carbons (Fsp3) is 1.00. The van der Waals surface area contributed by atoms with Crippen molar-refractivity contribution in [1.29, 1.82) is 0 Å². The van der Waals surface area contributed by atoms with Crippen LogP contribution in [0.25, 0.3) is 0 Å². The second-order valence-corrected chi connectivity index (χ2v) is 6.15. The van der Waals surface area contributed by atoms with Crippen molar-refractivity contribution in [3.05, 3.63) is 0 Å². The van der Waals surface area contributed by atoms with Crippen molar-refractivity contribution < 1.29 is 0 Å². The molecule has 0 bridgehead atoms. The molecule has 1 unspecified atom stereocenters. The molecule has 0 amide bonds. The summed E-state index contributed by atoms with van der Waals surface area (Å²) < 4.78 is 0. The Bertz CT molecular complexity index is 199. The van der Waals surface area contributed by atoms with Crippen molar-refractivity contribution in [3.8, 4) is 0 Å². The van der Waals surface area contributed by atoms with Gasteiger partial charge in [-0.15, -0.1) is 0 Å². The molecule has 2 fully saturated rings. The fourth-order valence-corrected chi connectivity index (χ4v) is 3.50. The van der Waals surface area contributed by atoms with Gasteiger partial charge in [-0.3, -0.25) is 0 Å². The lowest BCUT2D eigenvalue weighted by Crippen LogP contribution is -2.53. The van der Waals surface area contributed by atoms with E-state index in [1.54, 1.807) is 0 Å². The molecule has 0 saturated carbocycles. The molecule has 2 atom stereocenters. The maximum absolute atomic E-state index is 3.72. The maximum Gasteiger partial charge on any atom is 0.0185 e. The maximum atomic E-state index is 3.72. The molecule has 0 aromatic rings. The van der Waals surface area contributed by atoms with Crippen LogP contribution in [0, 0.1) is 10.8 Å². The lowest BCUT2D eigenvalue weighted by molar-refractivity contribution is 0.106. The first-order valence-corrected chi connectivity index (χ1v) is 5.99. The van der Waals surface area contributed by atoms with Gasteiger partial charge in [0, 0.05) is 12.6 Å². The monoisotopic (exact) mass is 196 g/mol. The van der Waals surface area contributed by atoms with E-state index in [1.807, 2.05) is 0 Å². The van der Waals surface area contributed by atoms with E-state index in [-0.39, 0.29) is 0 Å². The zero-order valence-corrected chi connectivity index (χ0v) is 9.82. The van der Waals surface area contributed by atoms with E-state index < -0.39 is 0 Å². The van der Waals surface area contributed by atoms with Crippen LogP contribution in [0.15, 0.2) is 0 Å². The van der Waals surface area contributed by atoms with E-state index in [4.69, 9.17) is 0 Å². The number of rotatable bonds is 0. The van der Waals surface area contributed by atoms with Crippen molar-refractivity contribution in [3.63, 3.8) is 0 Å². The third-order valence-electron chi connectivity index (χ3n) is 3.96. The van der Waals surface area contributed by atoms with E-state index in [0.29, 0.717) is 16.9 Å². The normalized spacial score (nSPS) is 39.2. The first kappa shape index (κ1) is 10.4.